The predicted octanol–water partition coefficient (Wildman–Crippen LogP) is 2.43. The van der Waals surface area contributed by atoms with Gasteiger partial charge in [-0.1, -0.05) is 13.3 Å². The summed E-state index contributed by atoms with van der Waals surface area (Å²) in [5.74, 6) is -0.349. The van der Waals surface area contributed by atoms with Crippen molar-refractivity contribution in [3.8, 4) is 5.75 Å². The molecule has 1 aromatic carbocycles. The van der Waals surface area contributed by atoms with Gasteiger partial charge in [-0.05, 0) is 47.0 Å². The van der Waals surface area contributed by atoms with Crippen LogP contribution in [0.15, 0.2) is 22.7 Å². The molecule has 0 spiro atoms. The molecule has 0 N–H and O–H groups in total. The Hall–Kier alpha value is -1.61. The lowest BCUT2D eigenvalue weighted by atomic mass is 10.2. The van der Waals surface area contributed by atoms with Crippen molar-refractivity contribution >= 4 is 37.6 Å². The van der Waals surface area contributed by atoms with E-state index in [0.717, 1.165) is 12.8 Å². The highest BCUT2D eigenvalue weighted by Crippen LogP contribution is 2.26. The Morgan fingerprint density at radius 3 is 2.63 bits per heavy atom. The molecule has 7 nitrogen and oxygen atoms in total. The van der Waals surface area contributed by atoms with Crippen LogP contribution in [0.3, 0.4) is 0 Å². The van der Waals surface area contributed by atoms with E-state index in [1.54, 1.807) is 23.1 Å². The van der Waals surface area contributed by atoms with Crippen LogP contribution in [0.5, 0.6) is 5.75 Å². The van der Waals surface area contributed by atoms with Crippen molar-refractivity contribution in [2.75, 3.05) is 31.8 Å². The highest BCUT2D eigenvalue weighted by Gasteiger charge is 2.34. The van der Waals surface area contributed by atoms with Crippen molar-refractivity contribution in [3.63, 3.8) is 0 Å². The quantitative estimate of drug-likeness (QED) is 0.552. The van der Waals surface area contributed by atoms with E-state index < -0.39 is 22.4 Å². The van der Waals surface area contributed by atoms with E-state index in [9.17, 15) is 18.0 Å². The number of amides is 1. The number of halogens is 1. The Morgan fingerprint density at radius 2 is 2.07 bits per heavy atom. The summed E-state index contributed by atoms with van der Waals surface area (Å²) < 4.78 is 34.3. The molecule has 1 fully saturated rings. The van der Waals surface area contributed by atoms with Crippen molar-refractivity contribution in [2.24, 2.45) is 0 Å². The predicted molar refractivity (Wildman–Crippen MR) is 105 cm³/mol. The molecule has 150 valence electrons. The smallest absolute Gasteiger partial charge is 0.338 e. The van der Waals surface area contributed by atoms with Crippen LogP contribution >= 0.6 is 15.9 Å². The number of carbonyl (C=O) groups excluding carboxylic acids is 2. The molecule has 1 saturated heterocycles. The average Bonchev–Trinajstić information content (AvgIpc) is 2.99. The van der Waals surface area contributed by atoms with Gasteiger partial charge in [0, 0.05) is 12.6 Å². The molecule has 0 aliphatic carbocycles. The van der Waals surface area contributed by atoms with Gasteiger partial charge in [0.15, 0.2) is 16.4 Å². The first-order valence-corrected chi connectivity index (χ1v) is 11.4. The van der Waals surface area contributed by atoms with Crippen molar-refractivity contribution in [1.29, 1.82) is 0 Å². The number of carbonyl (C=O) groups is 2. The molecule has 1 aromatic rings. The average molecular weight is 462 g/mol. The third-order valence-corrected chi connectivity index (χ3v) is 6.81. The minimum Gasteiger partial charge on any atom is -0.496 e. The third kappa shape index (κ3) is 5.93. The van der Waals surface area contributed by atoms with Gasteiger partial charge in [-0.3, -0.25) is 4.79 Å². The molecule has 9 heteroatoms. The van der Waals surface area contributed by atoms with Crippen LogP contribution < -0.4 is 4.74 Å². The maximum Gasteiger partial charge on any atom is 0.338 e. The fourth-order valence-corrected chi connectivity index (χ4v) is 5.22. The van der Waals surface area contributed by atoms with Gasteiger partial charge in [0.05, 0.1) is 28.7 Å². The molecule has 27 heavy (non-hydrogen) atoms. The number of ether oxygens (including phenoxy) is 2. The standard InChI is InChI=1S/C18H24BrNO6S/c1-3-4-8-20(14-7-9-27(23,24)12-14)17(21)11-26-18(22)13-5-6-16(25-2)15(19)10-13/h5-6,10,14H,3-4,7-9,11-12H2,1-2H3. The number of methoxy groups -OCH3 is 1. The van der Waals surface area contributed by atoms with E-state index >= 15 is 0 Å². The SMILES string of the molecule is CCCCN(C(=O)COC(=O)c1ccc(OC)c(Br)c1)C1CCS(=O)(=O)C1. The molecule has 1 amide bonds. The second kappa shape index (κ2) is 9.54. The lowest BCUT2D eigenvalue weighted by Gasteiger charge is -2.28. The van der Waals surface area contributed by atoms with Crippen molar-refractivity contribution in [1.82, 2.24) is 4.90 Å². The first-order chi connectivity index (χ1) is 12.8. The lowest BCUT2D eigenvalue weighted by molar-refractivity contribution is -0.136. The summed E-state index contributed by atoms with van der Waals surface area (Å²) in [5.41, 5.74) is 0.291. The number of unbranched alkanes of at least 4 members (excludes halogenated alkanes) is 1. The summed E-state index contributed by atoms with van der Waals surface area (Å²) in [4.78, 5) is 26.3. The molecule has 0 aromatic heterocycles. The molecule has 0 radical (unpaired) electrons. The minimum atomic E-state index is -3.10. The zero-order chi connectivity index (χ0) is 20.0. The lowest BCUT2D eigenvalue weighted by Crippen LogP contribution is -2.43. The van der Waals surface area contributed by atoms with E-state index in [0.29, 0.717) is 28.8 Å². The van der Waals surface area contributed by atoms with Crippen molar-refractivity contribution < 1.29 is 27.5 Å². The Labute approximate surface area is 168 Å². The third-order valence-electron chi connectivity index (χ3n) is 4.44. The number of hydrogen-bond donors (Lipinski definition) is 0. The van der Waals surface area contributed by atoms with Crippen LogP contribution in [0, 0.1) is 0 Å². The molecule has 1 unspecified atom stereocenters. The number of benzene rings is 1. The molecular weight excluding hydrogens is 438 g/mol. The number of hydrogen-bond acceptors (Lipinski definition) is 6. The second-order valence-electron chi connectivity index (χ2n) is 6.42. The van der Waals surface area contributed by atoms with Crippen LogP contribution in [-0.2, 0) is 19.4 Å². The fourth-order valence-electron chi connectivity index (χ4n) is 2.95. The van der Waals surface area contributed by atoms with Crippen molar-refractivity contribution in [2.45, 2.75) is 32.2 Å². The number of esters is 1. The molecule has 1 aliphatic rings. The fraction of sp³-hybridized carbons (Fsp3) is 0.556. The van der Waals surface area contributed by atoms with Crippen LogP contribution in [-0.4, -0.2) is 63.0 Å². The first-order valence-electron chi connectivity index (χ1n) is 8.78. The van der Waals surface area contributed by atoms with Crippen LogP contribution in [0.1, 0.15) is 36.5 Å². The summed E-state index contributed by atoms with van der Waals surface area (Å²) in [6, 6.07) is 4.39. The second-order valence-corrected chi connectivity index (χ2v) is 9.51. The maximum absolute atomic E-state index is 12.6. The van der Waals surface area contributed by atoms with E-state index in [1.807, 2.05) is 6.92 Å². The summed E-state index contributed by atoms with van der Waals surface area (Å²) >= 11 is 3.30. The Morgan fingerprint density at radius 1 is 1.33 bits per heavy atom. The Kier molecular flexibility index (Phi) is 7.67. The van der Waals surface area contributed by atoms with Crippen LogP contribution in [0.25, 0.3) is 0 Å². The van der Waals surface area contributed by atoms with E-state index in [1.165, 1.54) is 7.11 Å². The van der Waals surface area contributed by atoms with Gasteiger partial charge >= 0.3 is 5.97 Å². The van der Waals surface area contributed by atoms with Gasteiger partial charge in [0.1, 0.15) is 5.75 Å². The number of sulfone groups is 1. The van der Waals surface area contributed by atoms with Gasteiger partial charge in [-0.15, -0.1) is 0 Å². The number of nitrogens with zero attached hydrogens (tertiary/aromatic N) is 1. The van der Waals surface area contributed by atoms with Gasteiger partial charge in [-0.25, -0.2) is 13.2 Å². The molecule has 2 rings (SSSR count). The largest absolute Gasteiger partial charge is 0.496 e. The Balaban J connectivity index is 2.00. The minimum absolute atomic E-state index is 0.0260. The van der Waals surface area contributed by atoms with Gasteiger partial charge in [-0.2, -0.15) is 0 Å². The molecular formula is C18H24BrNO6S. The highest BCUT2D eigenvalue weighted by atomic mass is 79.9. The highest BCUT2D eigenvalue weighted by molar-refractivity contribution is 9.10. The van der Waals surface area contributed by atoms with Gasteiger partial charge in [0.25, 0.3) is 5.91 Å². The molecule has 0 bridgehead atoms. The van der Waals surface area contributed by atoms with Crippen LogP contribution in [0.2, 0.25) is 0 Å². The van der Waals surface area contributed by atoms with Crippen molar-refractivity contribution in [3.05, 3.63) is 28.2 Å². The molecule has 1 heterocycles. The number of rotatable bonds is 8. The monoisotopic (exact) mass is 461 g/mol. The zero-order valence-corrected chi connectivity index (χ0v) is 17.8. The molecule has 0 saturated carbocycles. The van der Waals surface area contributed by atoms with E-state index in [2.05, 4.69) is 15.9 Å². The summed E-state index contributed by atoms with van der Waals surface area (Å²) in [6.45, 7) is 2.04. The Bertz CT molecular complexity index is 795. The summed E-state index contributed by atoms with van der Waals surface area (Å²) in [6.07, 6.45) is 2.07. The van der Waals surface area contributed by atoms with Gasteiger partial charge < -0.3 is 14.4 Å². The van der Waals surface area contributed by atoms with Crippen LogP contribution in [0.4, 0.5) is 0 Å². The maximum atomic E-state index is 12.6. The first kappa shape index (κ1) is 21.7. The van der Waals surface area contributed by atoms with E-state index in [4.69, 9.17) is 9.47 Å². The zero-order valence-electron chi connectivity index (χ0n) is 15.4. The normalized spacial score (nSPS) is 18.1. The topological polar surface area (TPSA) is 90.0 Å². The molecule has 1 atom stereocenters. The van der Waals surface area contributed by atoms with Gasteiger partial charge in [0.2, 0.25) is 0 Å². The van der Waals surface area contributed by atoms with E-state index in [-0.39, 0.29) is 23.5 Å². The summed E-state index contributed by atoms with van der Waals surface area (Å²) in [7, 11) is -1.58. The summed E-state index contributed by atoms with van der Waals surface area (Å²) in [5, 5.41) is 0. The molecule has 1 aliphatic heterocycles.